The molecule has 136 valence electrons. The maximum Gasteiger partial charge on any atom is 0.255 e. The molecule has 0 aliphatic heterocycles. The van der Waals surface area contributed by atoms with Gasteiger partial charge in [-0.3, -0.25) is 9.00 Å². The Morgan fingerprint density at radius 2 is 2.04 bits per heavy atom. The summed E-state index contributed by atoms with van der Waals surface area (Å²) < 4.78 is 11.6. The number of H-pyrrole nitrogens is 1. The van der Waals surface area contributed by atoms with E-state index in [-0.39, 0.29) is 11.4 Å². The van der Waals surface area contributed by atoms with Crippen molar-refractivity contribution in [1.82, 2.24) is 25.3 Å². The number of fused-ring (bicyclic) bond motifs is 1. The molecule has 0 saturated carbocycles. The standard InChI is InChI=1S/C17H20N6O2S/c1-17(2,3)23-16(24)11-8-19-15-14(11)22-12(9-20-15)21-10-5-6-18-13(7-10)26(4)25/h5-9H,1-4H3,(H,19,20)(H,23,24)(H,18,21,22). The fraction of sp³-hybridized carbons (Fsp3) is 0.294. The molecule has 0 bridgehead atoms. The molecule has 0 aromatic carbocycles. The molecule has 3 heterocycles. The lowest BCUT2D eigenvalue weighted by Crippen LogP contribution is -2.40. The van der Waals surface area contributed by atoms with E-state index < -0.39 is 10.8 Å². The molecule has 0 aliphatic rings. The number of nitrogens with zero attached hydrogens (tertiary/aromatic N) is 3. The molecule has 8 nitrogen and oxygen atoms in total. The van der Waals surface area contributed by atoms with Crippen LogP contribution in [0.1, 0.15) is 31.1 Å². The van der Waals surface area contributed by atoms with Crippen molar-refractivity contribution in [2.75, 3.05) is 11.6 Å². The summed E-state index contributed by atoms with van der Waals surface area (Å²) in [4.78, 5) is 28.3. The first-order valence-corrected chi connectivity index (χ1v) is 9.52. The lowest BCUT2D eigenvalue weighted by molar-refractivity contribution is 0.0921. The molecule has 3 rings (SSSR count). The van der Waals surface area contributed by atoms with E-state index >= 15 is 0 Å². The molecular weight excluding hydrogens is 352 g/mol. The van der Waals surface area contributed by atoms with E-state index in [0.29, 0.717) is 33.3 Å². The largest absolute Gasteiger partial charge is 0.347 e. The van der Waals surface area contributed by atoms with Crippen molar-refractivity contribution in [2.24, 2.45) is 0 Å². The SMILES string of the molecule is CS(=O)c1cc(Nc2cnc3[nH]cc(C(=O)NC(C)(C)C)c3n2)ccn1. The van der Waals surface area contributed by atoms with Crippen LogP contribution >= 0.6 is 0 Å². The maximum absolute atomic E-state index is 12.5. The van der Waals surface area contributed by atoms with Gasteiger partial charge in [-0.15, -0.1) is 0 Å². The van der Waals surface area contributed by atoms with Crippen LogP contribution in [0.15, 0.2) is 35.7 Å². The lowest BCUT2D eigenvalue weighted by Gasteiger charge is -2.20. The van der Waals surface area contributed by atoms with Gasteiger partial charge in [0.2, 0.25) is 0 Å². The average molecular weight is 372 g/mol. The molecule has 1 atom stereocenters. The van der Waals surface area contributed by atoms with Crippen LogP contribution in [-0.4, -0.2) is 41.8 Å². The van der Waals surface area contributed by atoms with Gasteiger partial charge in [-0.2, -0.15) is 0 Å². The zero-order valence-corrected chi connectivity index (χ0v) is 15.8. The lowest BCUT2D eigenvalue weighted by atomic mass is 10.1. The molecule has 3 N–H and O–H groups in total. The Hall–Kier alpha value is -2.81. The Kier molecular flexibility index (Phi) is 4.73. The number of carbonyl (C=O) groups is 1. The van der Waals surface area contributed by atoms with Gasteiger partial charge in [-0.05, 0) is 32.9 Å². The van der Waals surface area contributed by atoms with Gasteiger partial charge in [0, 0.05) is 29.9 Å². The highest BCUT2D eigenvalue weighted by atomic mass is 32.2. The van der Waals surface area contributed by atoms with Crippen molar-refractivity contribution >= 4 is 39.4 Å². The van der Waals surface area contributed by atoms with Crippen molar-refractivity contribution in [1.29, 1.82) is 0 Å². The van der Waals surface area contributed by atoms with E-state index in [0.717, 1.165) is 0 Å². The van der Waals surface area contributed by atoms with Crippen molar-refractivity contribution in [2.45, 2.75) is 31.3 Å². The first-order valence-electron chi connectivity index (χ1n) is 7.96. The van der Waals surface area contributed by atoms with E-state index in [1.807, 2.05) is 20.8 Å². The van der Waals surface area contributed by atoms with Crippen molar-refractivity contribution in [3.63, 3.8) is 0 Å². The van der Waals surface area contributed by atoms with Crippen LogP contribution in [0.5, 0.6) is 0 Å². The number of anilines is 2. The molecule has 0 radical (unpaired) electrons. The Balaban J connectivity index is 1.91. The minimum Gasteiger partial charge on any atom is -0.347 e. The smallest absolute Gasteiger partial charge is 0.255 e. The second-order valence-corrected chi connectivity index (χ2v) is 8.15. The number of pyridine rings is 1. The maximum atomic E-state index is 12.5. The van der Waals surface area contributed by atoms with E-state index in [2.05, 4.69) is 30.6 Å². The predicted molar refractivity (Wildman–Crippen MR) is 101 cm³/mol. The number of hydrogen-bond acceptors (Lipinski definition) is 6. The first-order chi connectivity index (χ1) is 12.2. The number of aromatic nitrogens is 4. The summed E-state index contributed by atoms with van der Waals surface area (Å²) in [5.41, 5.74) is 1.77. The fourth-order valence-electron chi connectivity index (χ4n) is 2.32. The monoisotopic (exact) mass is 372 g/mol. The highest BCUT2D eigenvalue weighted by Gasteiger charge is 2.19. The van der Waals surface area contributed by atoms with Crippen LogP contribution in [0.3, 0.4) is 0 Å². The minimum atomic E-state index is -1.18. The molecule has 26 heavy (non-hydrogen) atoms. The number of aromatic amines is 1. The summed E-state index contributed by atoms with van der Waals surface area (Å²) in [6.07, 6.45) is 6.30. The molecule has 3 aromatic heterocycles. The summed E-state index contributed by atoms with van der Waals surface area (Å²) in [5.74, 6) is 0.253. The Morgan fingerprint density at radius 1 is 1.27 bits per heavy atom. The second kappa shape index (κ2) is 6.83. The quantitative estimate of drug-likeness (QED) is 0.648. The Bertz CT molecular complexity index is 992. The van der Waals surface area contributed by atoms with Crippen LogP contribution in [0, 0.1) is 0 Å². The van der Waals surface area contributed by atoms with Gasteiger partial charge in [-0.1, -0.05) is 0 Å². The molecular formula is C17H20N6O2S. The second-order valence-electron chi connectivity index (χ2n) is 6.82. The van der Waals surface area contributed by atoms with Crippen LogP contribution in [0.25, 0.3) is 11.2 Å². The van der Waals surface area contributed by atoms with Gasteiger partial charge in [-0.25, -0.2) is 15.0 Å². The zero-order chi connectivity index (χ0) is 18.9. The average Bonchev–Trinajstić information content (AvgIpc) is 2.97. The topological polar surface area (TPSA) is 113 Å². The van der Waals surface area contributed by atoms with Gasteiger partial charge in [0.15, 0.2) is 5.65 Å². The van der Waals surface area contributed by atoms with Gasteiger partial charge in [0.1, 0.15) is 16.4 Å². The minimum absolute atomic E-state index is 0.220. The molecule has 1 amide bonds. The van der Waals surface area contributed by atoms with E-state index in [1.54, 1.807) is 37.0 Å². The highest BCUT2D eigenvalue weighted by molar-refractivity contribution is 7.84. The van der Waals surface area contributed by atoms with E-state index in [1.165, 1.54) is 0 Å². The zero-order valence-electron chi connectivity index (χ0n) is 15.0. The third kappa shape index (κ3) is 4.05. The van der Waals surface area contributed by atoms with Crippen molar-refractivity contribution in [3.05, 3.63) is 36.3 Å². The first kappa shape index (κ1) is 18.0. The molecule has 0 spiro atoms. The van der Waals surface area contributed by atoms with Gasteiger partial charge >= 0.3 is 0 Å². The van der Waals surface area contributed by atoms with E-state index in [4.69, 9.17) is 0 Å². The fourth-order valence-corrected chi connectivity index (χ4v) is 2.83. The third-order valence-corrected chi connectivity index (χ3v) is 4.23. The molecule has 3 aromatic rings. The van der Waals surface area contributed by atoms with Crippen LogP contribution in [-0.2, 0) is 10.8 Å². The van der Waals surface area contributed by atoms with Gasteiger partial charge < -0.3 is 15.6 Å². The molecule has 9 heteroatoms. The number of rotatable bonds is 4. The number of carbonyl (C=O) groups excluding carboxylic acids is 1. The number of hydrogen-bond donors (Lipinski definition) is 3. The summed E-state index contributed by atoms with van der Waals surface area (Å²) in [6, 6.07) is 3.43. The summed E-state index contributed by atoms with van der Waals surface area (Å²) >= 11 is 0. The number of nitrogens with one attached hydrogen (secondary N) is 3. The van der Waals surface area contributed by atoms with Crippen molar-refractivity contribution in [3.8, 4) is 0 Å². The van der Waals surface area contributed by atoms with Crippen LogP contribution < -0.4 is 10.6 Å². The molecule has 0 saturated heterocycles. The molecule has 1 unspecified atom stereocenters. The third-order valence-electron chi connectivity index (χ3n) is 3.42. The number of amides is 1. The summed E-state index contributed by atoms with van der Waals surface area (Å²) in [7, 11) is -1.18. The normalized spacial score (nSPS) is 12.8. The molecule has 0 aliphatic carbocycles. The Labute approximate surface area is 153 Å². The Morgan fingerprint density at radius 3 is 2.73 bits per heavy atom. The summed E-state index contributed by atoms with van der Waals surface area (Å²) in [5, 5.41) is 6.48. The van der Waals surface area contributed by atoms with Gasteiger partial charge in [0.25, 0.3) is 5.91 Å². The molecule has 0 fully saturated rings. The van der Waals surface area contributed by atoms with Crippen LogP contribution in [0.2, 0.25) is 0 Å². The van der Waals surface area contributed by atoms with E-state index in [9.17, 15) is 9.00 Å². The highest BCUT2D eigenvalue weighted by Crippen LogP contribution is 2.20. The summed E-state index contributed by atoms with van der Waals surface area (Å²) in [6.45, 7) is 5.74. The van der Waals surface area contributed by atoms with Crippen molar-refractivity contribution < 1.29 is 9.00 Å². The predicted octanol–water partition coefficient (Wildman–Crippen LogP) is 2.36. The van der Waals surface area contributed by atoms with Crippen LogP contribution in [0.4, 0.5) is 11.5 Å². The van der Waals surface area contributed by atoms with Gasteiger partial charge in [0.05, 0.1) is 22.6 Å².